The first-order chi connectivity index (χ1) is 11.5. The van der Waals surface area contributed by atoms with Gasteiger partial charge in [0, 0.05) is 5.56 Å². The van der Waals surface area contributed by atoms with Crippen molar-refractivity contribution in [2.45, 2.75) is 32.2 Å². The molecule has 124 valence electrons. The van der Waals surface area contributed by atoms with E-state index < -0.39 is 5.97 Å². The molecule has 2 N–H and O–H groups in total. The zero-order valence-electron chi connectivity index (χ0n) is 13.7. The fourth-order valence-corrected chi connectivity index (χ4v) is 2.99. The second-order valence-corrected chi connectivity index (χ2v) is 6.41. The Kier molecular flexibility index (Phi) is 4.65. The standard InChI is InChI=1S/C20H21NO3/c1-13-4-2-3-5-17(13)19(15-10-11-15)21-20(24)16-8-6-14(7-9-16)12-18(22)23/h2-9,15,19H,10-12H2,1H3,(H,21,24)(H,22,23). The van der Waals surface area contributed by atoms with Gasteiger partial charge in [-0.2, -0.15) is 0 Å². The number of carbonyl (C=O) groups is 2. The maximum Gasteiger partial charge on any atom is 0.307 e. The van der Waals surface area contributed by atoms with Gasteiger partial charge in [-0.3, -0.25) is 9.59 Å². The summed E-state index contributed by atoms with van der Waals surface area (Å²) in [5.41, 5.74) is 3.61. The van der Waals surface area contributed by atoms with Crippen LogP contribution in [0.3, 0.4) is 0 Å². The molecule has 1 aliphatic carbocycles. The maximum atomic E-state index is 12.6. The van der Waals surface area contributed by atoms with Crippen molar-refractivity contribution >= 4 is 11.9 Å². The topological polar surface area (TPSA) is 66.4 Å². The fourth-order valence-electron chi connectivity index (χ4n) is 2.99. The Morgan fingerprint density at radius 3 is 2.38 bits per heavy atom. The van der Waals surface area contributed by atoms with Gasteiger partial charge < -0.3 is 10.4 Å². The van der Waals surface area contributed by atoms with Gasteiger partial charge >= 0.3 is 5.97 Å². The number of hydrogen-bond donors (Lipinski definition) is 2. The Balaban J connectivity index is 1.74. The van der Waals surface area contributed by atoms with Crippen LogP contribution in [0.15, 0.2) is 48.5 Å². The van der Waals surface area contributed by atoms with Crippen LogP contribution in [0.5, 0.6) is 0 Å². The first-order valence-corrected chi connectivity index (χ1v) is 8.21. The van der Waals surface area contributed by atoms with Gasteiger partial charge in [-0.25, -0.2) is 0 Å². The highest BCUT2D eigenvalue weighted by atomic mass is 16.4. The first kappa shape index (κ1) is 16.2. The Bertz CT molecular complexity index is 748. The third-order valence-electron chi connectivity index (χ3n) is 4.48. The van der Waals surface area contributed by atoms with Crippen molar-refractivity contribution < 1.29 is 14.7 Å². The summed E-state index contributed by atoms with van der Waals surface area (Å²) in [6, 6.07) is 15.0. The van der Waals surface area contributed by atoms with E-state index in [2.05, 4.69) is 24.4 Å². The molecule has 0 radical (unpaired) electrons. The molecule has 1 unspecified atom stereocenters. The van der Waals surface area contributed by atoms with Gasteiger partial charge in [-0.05, 0) is 54.5 Å². The van der Waals surface area contributed by atoms with Crippen molar-refractivity contribution in [3.63, 3.8) is 0 Å². The molecule has 0 aliphatic heterocycles. The van der Waals surface area contributed by atoms with Gasteiger partial charge in [-0.1, -0.05) is 36.4 Å². The van der Waals surface area contributed by atoms with E-state index in [-0.39, 0.29) is 18.4 Å². The molecule has 3 rings (SSSR count). The Morgan fingerprint density at radius 2 is 1.79 bits per heavy atom. The van der Waals surface area contributed by atoms with E-state index in [0.29, 0.717) is 17.0 Å². The van der Waals surface area contributed by atoms with Gasteiger partial charge in [0.15, 0.2) is 0 Å². The van der Waals surface area contributed by atoms with E-state index in [1.807, 2.05) is 12.1 Å². The molecule has 0 bridgehead atoms. The molecule has 1 aliphatic rings. The summed E-state index contributed by atoms with van der Waals surface area (Å²) in [5.74, 6) is -0.487. The average Bonchev–Trinajstić information content (AvgIpc) is 3.38. The second-order valence-electron chi connectivity index (χ2n) is 6.41. The van der Waals surface area contributed by atoms with Crippen LogP contribution in [-0.2, 0) is 11.2 Å². The Labute approximate surface area is 141 Å². The summed E-state index contributed by atoms with van der Waals surface area (Å²) in [6.45, 7) is 2.07. The molecule has 2 aromatic carbocycles. The smallest absolute Gasteiger partial charge is 0.307 e. The molecule has 1 amide bonds. The molecule has 1 atom stereocenters. The van der Waals surface area contributed by atoms with E-state index in [1.165, 1.54) is 11.1 Å². The first-order valence-electron chi connectivity index (χ1n) is 8.21. The van der Waals surface area contributed by atoms with Crippen molar-refractivity contribution in [1.29, 1.82) is 0 Å². The van der Waals surface area contributed by atoms with Crippen molar-refractivity contribution in [3.8, 4) is 0 Å². The minimum absolute atomic E-state index is 0.0319. The lowest BCUT2D eigenvalue weighted by Gasteiger charge is -2.21. The highest BCUT2D eigenvalue weighted by molar-refractivity contribution is 5.94. The molecule has 24 heavy (non-hydrogen) atoms. The normalized spacial score (nSPS) is 14.9. The van der Waals surface area contributed by atoms with Crippen LogP contribution < -0.4 is 5.32 Å². The van der Waals surface area contributed by atoms with Crippen LogP contribution in [-0.4, -0.2) is 17.0 Å². The SMILES string of the molecule is Cc1ccccc1C(NC(=O)c1ccc(CC(=O)O)cc1)C1CC1. The van der Waals surface area contributed by atoms with Crippen LogP contribution in [0.2, 0.25) is 0 Å². The summed E-state index contributed by atoms with van der Waals surface area (Å²) < 4.78 is 0. The van der Waals surface area contributed by atoms with Crippen LogP contribution in [0.1, 0.15) is 45.9 Å². The molecule has 0 saturated heterocycles. The number of benzene rings is 2. The number of rotatable bonds is 6. The van der Waals surface area contributed by atoms with E-state index in [0.717, 1.165) is 12.8 Å². The molecule has 2 aromatic rings. The molecule has 0 spiro atoms. The number of carboxylic acid groups (broad SMARTS) is 1. The third kappa shape index (κ3) is 3.82. The van der Waals surface area contributed by atoms with Crippen LogP contribution in [0.4, 0.5) is 0 Å². The lowest BCUT2D eigenvalue weighted by Crippen LogP contribution is -2.30. The average molecular weight is 323 g/mol. The summed E-state index contributed by atoms with van der Waals surface area (Å²) in [7, 11) is 0. The van der Waals surface area contributed by atoms with E-state index in [9.17, 15) is 9.59 Å². The Hall–Kier alpha value is -2.62. The van der Waals surface area contributed by atoms with Crippen molar-refractivity contribution in [1.82, 2.24) is 5.32 Å². The lowest BCUT2D eigenvalue weighted by molar-refractivity contribution is -0.136. The highest BCUT2D eigenvalue weighted by Gasteiger charge is 2.34. The third-order valence-corrected chi connectivity index (χ3v) is 4.48. The predicted octanol–water partition coefficient (Wildman–Crippen LogP) is 3.50. The molecule has 4 heteroatoms. The van der Waals surface area contributed by atoms with Gasteiger partial charge in [0.1, 0.15) is 0 Å². The molecular weight excluding hydrogens is 302 g/mol. The van der Waals surface area contributed by atoms with E-state index in [1.54, 1.807) is 24.3 Å². The summed E-state index contributed by atoms with van der Waals surface area (Å²) >= 11 is 0. The van der Waals surface area contributed by atoms with Crippen LogP contribution in [0.25, 0.3) is 0 Å². The Morgan fingerprint density at radius 1 is 1.12 bits per heavy atom. The molecular formula is C20H21NO3. The number of aliphatic carboxylic acids is 1. The summed E-state index contributed by atoms with van der Waals surface area (Å²) in [6.07, 6.45) is 2.24. The molecule has 0 heterocycles. The number of hydrogen-bond acceptors (Lipinski definition) is 2. The number of aryl methyl sites for hydroxylation is 1. The highest BCUT2D eigenvalue weighted by Crippen LogP contribution is 2.42. The molecule has 1 saturated carbocycles. The maximum absolute atomic E-state index is 12.6. The van der Waals surface area contributed by atoms with Crippen molar-refractivity contribution in [2.75, 3.05) is 0 Å². The van der Waals surface area contributed by atoms with E-state index >= 15 is 0 Å². The van der Waals surface area contributed by atoms with Gasteiger partial charge in [0.2, 0.25) is 0 Å². The van der Waals surface area contributed by atoms with Gasteiger partial charge in [0.25, 0.3) is 5.91 Å². The molecule has 1 fully saturated rings. The minimum Gasteiger partial charge on any atom is -0.481 e. The predicted molar refractivity (Wildman–Crippen MR) is 91.9 cm³/mol. The lowest BCUT2D eigenvalue weighted by atomic mass is 9.97. The van der Waals surface area contributed by atoms with Crippen molar-refractivity contribution in [2.24, 2.45) is 5.92 Å². The second kappa shape index (κ2) is 6.87. The fraction of sp³-hybridized carbons (Fsp3) is 0.300. The van der Waals surface area contributed by atoms with Gasteiger partial charge in [-0.15, -0.1) is 0 Å². The molecule has 4 nitrogen and oxygen atoms in total. The van der Waals surface area contributed by atoms with Gasteiger partial charge in [0.05, 0.1) is 12.5 Å². The zero-order valence-corrected chi connectivity index (χ0v) is 13.7. The van der Waals surface area contributed by atoms with Crippen LogP contribution in [0, 0.1) is 12.8 Å². The van der Waals surface area contributed by atoms with E-state index in [4.69, 9.17) is 5.11 Å². The quantitative estimate of drug-likeness (QED) is 0.855. The monoisotopic (exact) mass is 323 g/mol. The number of carboxylic acids is 1. The zero-order chi connectivity index (χ0) is 17.1. The summed E-state index contributed by atoms with van der Waals surface area (Å²) in [5, 5.41) is 12.0. The summed E-state index contributed by atoms with van der Waals surface area (Å²) in [4.78, 5) is 23.3. The number of amides is 1. The molecule has 0 aromatic heterocycles. The van der Waals surface area contributed by atoms with Crippen LogP contribution >= 0.6 is 0 Å². The van der Waals surface area contributed by atoms with Crippen molar-refractivity contribution in [3.05, 3.63) is 70.8 Å². The number of nitrogens with one attached hydrogen (secondary N) is 1. The number of carbonyl (C=O) groups excluding carboxylic acids is 1. The minimum atomic E-state index is -0.874. The largest absolute Gasteiger partial charge is 0.481 e.